The van der Waals surface area contributed by atoms with Crippen LogP contribution in [-0.4, -0.2) is 28.2 Å². The summed E-state index contributed by atoms with van der Waals surface area (Å²) in [5.41, 5.74) is 0. The molecule has 0 aliphatic heterocycles. The van der Waals surface area contributed by atoms with Crippen LogP contribution in [0.2, 0.25) is 0 Å². The molecule has 0 aliphatic carbocycles. The summed E-state index contributed by atoms with van der Waals surface area (Å²) in [5, 5.41) is 7.00. The third-order valence-corrected chi connectivity index (χ3v) is 0. The molecule has 0 bridgehead atoms. The van der Waals surface area contributed by atoms with Gasteiger partial charge >= 0.3 is 21.7 Å². The van der Waals surface area contributed by atoms with Crippen molar-refractivity contribution in [3.8, 4) is 0 Å². The normalized spacial score (nSPS) is 5.14. The zero-order valence-corrected chi connectivity index (χ0v) is 6.96. The van der Waals surface area contributed by atoms with E-state index < -0.39 is 0 Å². The van der Waals surface area contributed by atoms with Crippen molar-refractivity contribution in [3.63, 3.8) is 0 Å². The number of hydrogen-bond donors (Lipinski definition) is 0. The van der Waals surface area contributed by atoms with Gasteiger partial charge in [-0.25, -0.2) is 0 Å². The first-order chi connectivity index (χ1) is 2.83. The van der Waals surface area contributed by atoms with Crippen molar-refractivity contribution in [1.82, 2.24) is 0 Å². The average Bonchev–Trinajstić information content (AvgIpc) is 1.39. The smallest absolute Gasteiger partial charge is 0.668 e. The van der Waals surface area contributed by atoms with Crippen LogP contribution in [0.3, 0.4) is 0 Å². The summed E-state index contributed by atoms with van der Waals surface area (Å²) in [5.74, 6) is 0. The van der Waals surface area contributed by atoms with Gasteiger partial charge in [0.15, 0.2) is 0 Å². The predicted molar refractivity (Wildman–Crippen MR) is 30.4 cm³/mol. The second-order valence-corrected chi connectivity index (χ2v) is 0.894. The van der Waals surface area contributed by atoms with Crippen molar-refractivity contribution in [2.45, 2.75) is 0 Å². The molecule has 42 valence electrons. The molecule has 0 saturated heterocycles. The SMILES string of the molecule is C[N-]C.C[N-]C.[Ti+2]. The van der Waals surface area contributed by atoms with E-state index in [1.165, 1.54) is 0 Å². The Kier molecular flexibility index (Phi) is 67.8. The standard InChI is InChI=1S/2C2H6N.Ti/c2*1-3-2;/h2*1-2H3;/q2*-1;+2. The summed E-state index contributed by atoms with van der Waals surface area (Å²) in [4.78, 5) is 0. The van der Waals surface area contributed by atoms with E-state index in [4.69, 9.17) is 0 Å². The molecule has 0 fully saturated rings. The fraction of sp³-hybridized carbons (Fsp3) is 1.00. The van der Waals surface area contributed by atoms with Gasteiger partial charge in [-0.2, -0.15) is 28.2 Å². The zero-order chi connectivity index (χ0) is 5.41. The van der Waals surface area contributed by atoms with Gasteiger partial charge in [0.25, 0.3) is 0 Å². The van der Waals surface area contributed by atoms with Crippen LogP contribution in [0.25, 0.3) is 10.6 Å². The van der Waals surface area contributed by atoms with Crippen LogP contribution in [0.15, 0.2) is 0 Å². The summed E-state index contributed by atoms with van der Waals surface area (Å²) in [6.45, 7) is 0. The van der Waals surface area contributed by atoms with Crippen molar-refractivity contribution in [1.29, 1.82) is 0 Å². The maximum atomic E-state index is 3.50. The van der Waals surface area contributed by atoms with Crippen molar-refractivity contribution in [3.05, 3.63) is 10.6 Å². The second-order valence-electron chi connectivity index (χ2n) is 0.894. The zero-order valence-electron chi connectivity index (χ0n) is 5.39. The quantitative estimate of drug-likeness (QED) is 0.448. The first-order valence-corrected chi connectivity index (χ1v) is 1.79. The number of hydrogen-bond acceptors (Lipinski definition) is 0. The van der Waals surface area contributed by atoms with Gasteiger partial charge in [-0.15, -0.1) is 0 Å². The van der Waals surface area contributed by atoms with Gasteiger partial charge in [0, 0.05) is 0 Å². The molecule has 0 radical (unpaired) electrons. The van der Waals surface area contributed by atoms with E-state index in [1.807, 2.05) is 0 Å². The van der Waals surface area contributed by atoms with E-state index in [2.05, 4.69) is 10.6 Å². The van der Waals surface area contributed by atoms with E-state index in [9.17, 15) is 0 Å². The summed E-state index contributed by atoms with van der Waals surface area (Å²) < 4.78 is 0. The van der Waals surface area contributed by atoms with Crippen molar-refractivity contribution in [2.24, 2.45) is 0 Å². The minimum absolute atomic E-state index is 0. The molecule has 0 aliphatic rings. The molecule has 0 spiro atoms. The van der Waals surface area contributed by atoms with E-state index in [0.717, 1.165) is 0 Å². The molecular weight excluding hydrogens is 124 g/mol. The van der Waals surface area contributed by atoms with Gasteiger partial charge in [0.1, 0.15) is 0 Å². The summed E-state index contributed by atoms with van der Waals surface area (Å²) in [6.07, 6.45) is 0. The Labute approximate surface area is 60.9 Å². The molecular formula is C4H12N2Ti. The monoisotopic (exact) mass is 136 g/mol. The van der Waals surface area contributed by atoms with E-state index in [1.54, 1.807) is 28.2 Å². The second kappa shape index (κ2) is 30.3. The fourth-order valence-electron chi connectivity index (χ4n) is 0. The molecule has 0 aromatic heterocycles. The van der Waals surface area contributed by atoms with Crippen molar-refractivity contribution >= 4 is 0 Å². The van der Waals surface area contributed by atoms with Gasteiger partial charge in [-0.3, -0.25) is 0 Å². The van der Waals surface area contributed by atoms with Gasteiger partial charge in [0.2, 0.25) is 0 Å². The van der Waals surface area contributed by atoms with Gasteiger partial charge in [0.05, 0.1) is 0 Å². The third kappa shape index (κ3) is 354. The van der Waals surface area contributed by atoms with Crippen LogP contribution in [0.4, 0.5) is 0 Å². The first kappa shape index (κ1) is 15.6. The Balaban J connectivity index is -0.0000000400. The molecule has 0 saturated carbocycles. The number of nitrogens with zero attached hydrogens (tertiary/aromatic N) is 2. The summed E-state index contributed by atoms with van der Waals surface area (Å²) >= 11 is 0. The minimum Gasteiger partial charge on any atom is -0.668 e. The maximum absolute atomic E-state index is 3.50. The Morgan fingerprint density at radius 1 is 0.714 bits per heavy atom. The van der Waals surface area contributed by atoms with Gasteiger partial charge in [-0.05, 0) is 0 Å². The Hall–Kier alpha value is 0.634. The topological polar surface area (TPSA) is 28.2 Å². The van der Waals surface area contributed by atoms with E-state index >= 15 is 0 Å². The van der Waals surface area contributed by atoms with Crippen LogP contribution in [0.1, 0.15) is 0 Å². The largest absolute Gasteiger partial charge is 2.00 e. The van der Waals surface area contributed by atoms with Crippen LogP contribution < -0.4 is 0 Å². The molecule has 0 amide bonds. The average molecular weight is 136 g/mol. The Morgan fingerprint density at radius 2 is 0.714 bits per heavy atom. The van der Waals surface area contributed by atoms with Crippen LogP contribution in [0.5, 0.6) is 0 Å². The van der Waals surface area contributed by atoms with Crippen LogP contribution in [0, 0.1) is 0 Å². The van der Waals surface area contributed by atoms with E-state index in [-0.39, 0.29) is 21.7 Å². The molecule has 0 atom stereocenters. The van der Waals surface area contributed by atoms with Crippen molar-refractivity contribution < 1.29 is 21.7 Å². The minimum atomic E-state index is 0. The van der Waals surface area contributed by atoms with Crippen molar-refractivity contribution in [2.75, 3.05) is 28.2 Å². The summed E-state index contributed by atoms with van der Waals surface area (Å²) in [7, 11) is 7.00. The van der Waals surface area contributed by atoms with E-state index in [0.29, 0.717) is 0 Å². The molecule has 0 aromatic carbocycles. The Bertz CT molecular complexity index is 11.7. The molecule has 0 aromatic rings. The van der Waals surface area contributed by atoms with Gasteiger partial charge < -0.3 is 10.6 Å². The molecule has 3 heteroatoms. The third-order valence-electron chi connectivity index (χ3n) is 0. The summed E-state index contributed by atoms with van der Waals surface area (Å²) in [6, 6.07) is 0. The van der Waals surface area contributed by atoms with Gasteiger partial charge in [-0.1, -0.05) is 0 Å². The van der Waals surface area contributed by atoms with Crippen LogP contribution >= 0.6 is 0 Å². The molecule has 0 heterocycles. The molecule has 0 N–H and O–H groups in total. The Morgan fingerprint density at radius 3 is 0.714 bits per heavy atom. The molecule has 0 unspecified atom stereocenters. The predicted octanol–water partition coefficient (Wildman–Crippen LogP) is 1.24. The molecule has 7 heavy (non-hydrogen) atoms. The maximum Gasteiger partial charge on any atom is 2.00 e. The molecule has 2 nitrogen and oxygen atoms in total. The van der Waals surface area contributed by atoms with Crippen LogP contribution in [-0.2, 0) is 21.7 Å². The number of rotatable bonds is 0. The first-order valence-electron chi connectivity index (χ1n) is 1.79. The molecule has 0 rings (SSSR count). The fourth-order valence-corrected chi connectivity index (χ4v) is 0.